The van der Waals surface area contributed by atoms with Crippen LogP contribution in [0.4, 0.5) is 0 Å². The summed E-state index contributed by atoms with van der Waals surface area (Å²) in [5.74, 6) is 0.330. The summed E-state index contributed by atoms with van der Waals surface area (Å²) in [4.78, 5) is 0. The molecule has 1 N–H and O–H groups in total. The Kier molecular flexibility index (Phi) is 6.22. The highest BCUT2D eigenvalue weighted by molar-refractivity contribution is 5.85. The Balaban J connectivity index is 0.000000158. The molecule has 1 aliphatic carbocycles. The average Bonchev–Trinajstić information content (AvgIpc) is 3.36. The third-order valence-electron chi connectivity index (χ3n) is 5.12. The van der Waals surface area contributed by atoms with Crippen molar-refractivity contribution in [2.24, 2.45) is 0 Å². The van der Waals surface area contributed by atoms with Gasteiger partial charge >= 0.3 is 0 Å². The van der Waals surface area contributed by atoms with Gasteiger partial charge < -0.3 is 5.11 Å². The fourth-order valence-corrected chi connectivity index (χ4v) is 3.61. The summed E-state index contributed by atoms with van der Waals surface area (Å²) in [7, 11) is 0. The smallest absolute Gasteiger partial charge is 0.123 e. The minimum atomic E-state index is 0.330. The SMILES string of the molecule is Oc1ccccc1-c1ccccc1C1=CC=CC1.c1ccc(-c2ccccc2)cc1. The largest absolute Gasteiger partial charge is 0.507 e. The fraction of sp³-hybridized carbons (Fsp3) is 0.0345. The molecule has 5 rings (SSSR count). The van der Waals surface area contributed by atoms with E-state index in [9.17, 15) is 5.11 Å². The number of hydrogen-bond acceptors (Lipinski definition) is 1. The number of allylic oxidation sites excluding steroid dienone is 4. The molecule has 0 aromatic heterocycles. The van der Waals surface area contributed by atoms with Crippen LogP contribution < -0.4 is 0 Å². The van der Waals surface area contributed by atoms with Crippen LogP contribution in [0.2, 0.25) is 0 Å². The first-order chi connectivity index (χ1) is 14.8. The number of para-hydroxylation sites is 1. The van der Waals surface area contributed by atoms with Crippen molar-refractivity contribution in [1.29, 1.82) is 0 Å². The first kappa shape index (κ1) is 19.5. The third kappa shape index (κ3) is 4.59. The molecule has 0 radical (unpaired) electrons. The van der Waals surface area contributed by atoms with Crippen molar-refractivity contribution < 1.29 is 5.11 Å². The molecule has 0 fully saturated rings. The number of benzene rings is 4. The van der Waals surface area contributed by atoms with E-state index in [2.05, 4.69) is 78.9 Å². The predicted octanol–water partition coefficient (Wildman–Crippen LogP) is 7.76. The number of phenols is 1. The summed E-state index contributed by atoms with van der Waals surface area (Å²) >= 11 is 0. The van der Waals surface area contributed by atoms with Gasteiger partial charge in [0.2, 0.25) is 0 Å². The number of hydrogen-bond donors (Lipinski definition) is 1. The Morgan fingerprint density at radius 1 is 0.500 bits per heavy atom. The van der Waals surface area contributed by atoms with Gasteiger partial charge in [0.05, 0.1) is 0 Å². The van der Waals surface area contributed by atoms with Crippen LogP contribution in [0.5, 0.6) is 5.75 Å². The second kappa shape index (κ2) is 9.58. The maximum absolute atomic E-state index is 10.00. The summed E-state index contributed by atoms with van der Waals surface area (Å²) in [6.07, 6.45) is 7.33. The lowest BCUT2D eigenvalue weighted by molar-refractivity contribution is 0.477. The second-order valence-corrected chi connectivity index (χ2v) is 7.12. The van der Waals surface area contributed by atoms with E-state index >= 15 is 0 Å². The molecular weight excluding hydrogens is 364 g/mol. The lowest BCUT2D eigenvalue weighted by atomic mass is 9.93. The molecule has 0 saturated heterocycles. The quantitative estimate of drug-likeness (QED) is 0.380. The van der Waals surface area contributed by atoms with Gasteiger partial charge in [-0.05, 0) is 40.3 Å². The van der Waals surface area contributed by atoms with Crippen LogP contribution in [-0.2, 0) is 0 Å². The van der Waals surface area contributed by atoms with Gasteiger partial charge in [-0.3, -0.25) is 0 Å². The Morgan fingerprint density at radius 2 is 1.00 bits per heavy atom. The highest BCUT2D eigenvalue weighted by Gasteiger charge is 2.12. The summed E-state index contributed by atoms with van der Waals surface area (Å²) in [6.45, 7) is 0. The molecular formula is C29H24O. The monoisotopic (exact) mass is 388 g/mol. The van der Waals surface area contributed by atoms with E-state index in [-0.39, 0.29) is 0 Å². The molecule has 0 saturated carbocycles. The fourth-order valence-electron chi connectivity index (χ4n) is 3.61. The molecule has 0 aliphatic heterocycles. The maximum Gasteiger partial charge on any atom is 0.123 e. The molecule has 1 heteroatoms. The molecule has 0 amide bonds. The zero-order valence-electron chi connectivity index (χ0n) is 16.8. The summed E-state index contributed by atoms with van der Waals surface area (Å²) in [6, 6.07) is 36.5. The van der Waals surface area contributed by atoms with E-state index in [0.29, 0.717) is 5.75 Å². The number of phenolic OH excluding ortho intramolecular Hbond substituents is 1. The standard InChI is InChI=1S/C17H14O.C12H10/c18-17-12-6-5-11-16(17)15-10-4-3-9-14(15)13-7-1-2-8-13;1-3-7-11(8-4-1)12-9-5-2-6-10-12/h1-7,9-12,18H,8H2;1-10H. The number of aromatic hydroxyl groups is 1. The summed E-state index contributed by atoms with van der Waals surface area (Å²) in [5.41, 5.74) is 7.03. The first-order valence-electron chi connectivity index (χ1n) is 10.2. The van der Waals surface area contributed by atoms with E-state index in [1.54, 1.807) is 6.07 Å². The van der Waals surface area contributed by atoms with Crippen molar-refractivity contribution in [1.82, 2.24) is 0 Å². The Bertz CT molecular complexity index is 1120. The van der Waals surface area contributed by atoms with Crippen molar-refractivity contribution in [2.45, 2.75) is 6.42 Å². The lowest BCUT2D eigenvalue weighted by Crippen LogP contribution is -1.88. The molecule has 0 heterocycles. The van der Waals surface area contributed by atoms with Gasteiger partial charge in [0.1, 0.15) is 5.75 Å². The van der Waals surface area contributed by atoms with Crippen molar-refractivity contribution in [3.05, 3.63) is 133 Å². The van der Waals surface area contributed by atoms with Gasteiger partial charge in [-0.15, -0.1) is 0 Å². The van der Waals surface area contributed by atoms with Crippen LogP contribution in [0.3, 0.4) is 0 Å². The van der Waals surface area contributed by atoms with E-state index < -0.39 is 0 Å². The van der Waals surface area contributed by atoms with Crippen molar-refractivity contribution in [3.8, 4) is 28.0 Å². The van der Waals surface area contributed by atoms with Crippen LogP contribution >= 0.6 is 0 Å². The van der Waals surface area contributed by atoms with E-state index in [0.717, 1.165) is 17.5 Å². The Morgan fingerprint density at radius 3 is 1.53 bits per heavy atom. The normalized spacial score (nSPS) is 12.1. The number of rotatable bonds is 3. The molecule has 1 nitrogen and oxygen atoms in total. The van der Waals surface area contributed by atoms with Gasteiger partial charge in [-0.1, -0.05) is 121 Å². The average molecular weight is 389 g/mol. The molecule has 0 unspecified atom stereocenters. The van der Waals surface area contributed by atoms with Gasteiger partial charge in [0, 0.05) is 5.56 Å². The zero-order chi connectivity index (χ0) is 20.6. The van der Waals surface area contributed by atoms with Gasteiger partial charge in [-0.25, -0.2) is 0 Å². The van der Waals surface area contributed by atoms with E-state index in [1.165, 1.54) is 22.3 Å². The summed E-state index contributed by atoms with van der Waals surface area (Å²) < 4.78 is 0. The van der Waals surface area contributed by atoms with Gasteiger partial charge in [-0.2, -0.15) is 0 Å². The van der Waals surface area contributed by atoms with Gasteiger partial charge in [0.15, 0.2) is 0 Å². The highest BCUT2D eigenvalue weighted by atomic mass is 16.3. The molecule has 1 aliphatic rings. The van der Waals surface area contributed by atoms with Crippen LogP contribution in [0, 0.1) is 0 Å². The highest BCUT2D eigenvalue weighted by Crippen LogP contribution is 2.36. The predicted molar refractivity (Wildman–Crippen MR) is 127 cm³/mol. The zero-order valence-corrected chi connectivity index (χ0v) is 16.8. The molecule has 4 aromatic rings. The third-order valence-corrected chi connectivity index (χ3v) is 5.12. The lowest BCUT2D eigenvalue weighted by Gasteiger charge is -2.11. The van der Waals surface area contributed by atoms with E-state index in [4.69, 9.17) is 0 Å². The maximum atomic E-state index is 10.00. The topological polar surface area (TPSA) is 20.2 Å². The molecule has 0 spiro atoms. The molecule has 30 heavy (non-hydrogen) atoms. The minimum Gasteiger partial charge on any atom is -0.507 e. The second-order valence-electron chi connectivity index (χ2n) is 7.12. The molecule has 146 valence electrons. The Labute approximate surface area is 178 Å². The van der Waals surface area contributed by atoms with Crippen molar-refractivity contribution in [2.75, 3.05) is 0 Å². The van der Waals surface area contributed by atoms with Crippen LogP contribution in [-0.4, -0.2) is 5.11 Å². The van der Waals surface area contributed by atoms with Gasteiger partial charge in [0.25, 0.3) is 0 Å². The Hall–Kier alpha value is -3.84. The van der Waals surface area contributed by atoms with Crippen LogP contribution in [0.25, 0.3) is 27.8 Å². The summed E-state index contributed by atoms with van der Waals surface area (Å²) in [5, 5.41) is 10.00. The van der Waals surface area contributed by atoms with Crippen LogP contribution in [0.15, 0.2) is 127 Å². The molecule has 4 aromatic carbocycles. The van der Waals surface area contributed by atoms with Crippen molar-refractivity contribution >= 4 is 5.57 Å². The molecule has 0 atom stereocenters. The van der Waals surface area contributed by atoms with Crippen molar-refractivity contribution in [3.63, 3.8) is 0 Å². The minimum absolute atomic E-state index is 0.330. The van der Waals surface area contributed by atoms with E-state index in [1.807, 2.05) is 42.5 Å². The van der Waals surface area contributed by atoms with Crippen LogP contribution in [0.1, 0.15) is 12.0 Å². The first-order valence-corrected chi connectivity index (χ1v) is 10.2. The molecule has 0 bridgehead atoms.